The van der Waals surface area contributed by atoms with E-state index >= 15 is 0 Å². The molecule has 6 nitrogen and oxygen atoms in total. The number of anilines is 2. The van der Waals surface area contributed by atoms with Crippen LogP contribution in [0, 0.1) is 5.82 Å². The number of benzene rings is 3. The average molecular weight is 597 g/mol. The van der Waals surface area contributed by atoms with Crippen LogP contribution in [0.4, 0.5) is 37.7 Å². The lowest BCUT2D eigenvalue weighted by molar-refractivity contribution is -0.187. The van der Waals surface area contributed by atoms with Gasteiger partial charge in [-0.1, -0.05) is 25.1 Å². The molecule has 0 aliphatic rings. The second-order valence-corrected chi connectivity index (χ2v) is 9.51. The van der Waals surface area contributed by atoms with Crippen LogP contribution in [0.2, 0.25) is 0 Å². The molecule has 3 aromatic carbocycles. The molecule has 0 aromatic heterocycles. The first-order chi connectivity index (χ1) is 19.7. The SMILES string of the molecule is CC(COC(=O)/C=C/c1ccc(C(F)(F)Oc2ccc(OCCCCC(F)(F)F)cc2F)cc1)c1ccc(N)cc1N. The van der Waals surface area contributed by atoms with Gasteiger partial charge in [0.1, 0.15) is 5.75 Å². The van der Waals surface area contributed by atoms with Crippen molar-refractivity contribution < 1.29 is 45.3 Å². The van der Waals surface area contributed by atoms with Gasteiger partial charge in [-0.2, -0.15) is 22.0 Å². The molecule has 0 fully saturated rings. The van der Waals surface area contributed by atoms with E-state index in [1.807, 2.05) is 6.92 Å². The molecule has 3 rings (SSSR count). The summed E-state index contributed by atoms with van der Waals surface area (Å²) < 4.78 is 95.3. The second-order valence-electron chi connectivity index (χ2n) is 9.51. The van der Waals surface area contributed by atoms with Crippen LogP contribution in [-0.2, 0) is 15.6 Å². The predicted molar refractivity (Wildman–Crippen MR) is 146 cm³/mol. The number of unbranched alkanes of at least 4 members (excludes halogenated alkanes) is 1. The Morgan fingerprint density at radius 2 is 1.67 bits per heavy atom. The molecule has 0 saturated heterocycles. The fraction of sp³-hybridized carbons (Fsp3) is 0.300. The Morgan fingerprint density at radius 1 is 0.952 bits per heavy atom. The lowest BCUT2D eigenvalue weighted by atomic mass is 10.00. The summed E-state index contributed by atoms with van der Waals surface area (Å²) in [5, 5.41) is 0. The van der Waals surface area contributed by atoms with E-state index in [2.05, 4.69) is 4.74 Å². The third-order valence-corrected chi connectivity index (χ3v) is 6.04. The molecular weight excluding hydrogens is 566 g/mol. The monoisotopic (exact) mass is 596 g/mol. The van der Waals surface area contributed by atoms with E-state index in [0.717, 1.165) is 35.9 Å². The number of carbonyl (C=O) groups is 1. The van der Waals surface area contributed by atoms with Crippen molar-refractivity contribution in [3.8, 4) is 11.5 Å². The average Bonchev–Trinajstić information content (AvgIpc) is 2.91. The van der Waals surface area contributed by atoms with Gasteiger partial charge in [0.15, 0.2) is 11.6 Å². The van der Waals surface area contributed by atoms with Crippen LogP contribution in [0.5, 0.6) is 11.5 Å². The van der Waals surface area contributed by atoms with E-state index in [1.165, 1.54) is 24.3 Å². The maximum absolute atomic E-state index is 14.7. The number of nitrogens with two attached hydrogens (primary N) is 2. The van der Waals surface area contributed by atoms with Crippen molar-refractivity contribution in [3.05, 3.63) is 89.2 Å². The third kappa shape index (κ3) is 9.93. The first kappa shape index (κ1) is 32.2. The molecular formula is C30H30F6N2O4. The Labute approximate surface area is 238 Å². The highest BCUT2D eigenvalue weighted by Gasteiger charge is 2.35. The second kappa shape index (κ2) is 14.0. The maximum atomic E-state index is 14.7. The van der Waals surface area contributed by atoms with E-state index in [-0.39, 0.29) is 37.7 Å². The van der Waals surface area contributed by atoms with Gasteiger partial charge < -0.3 is 25.7 Å². The van der Waals surface area contributed by atoms with Crippen LogP contribution in [-0.4, -0.2) is 25.4 Å². The van der Waals surface area contributed by atoms with Gasteiger partial charge >= 0.3 is 18.3 Å². The minimum absolute atomic E-state index is 0.0336. The zero-order valence-corrected chi connectivity index (χ0v) is 22.6. The molecule has 4 N–H and O–H groups in total. The van der Waals surface area contributed by atoms with Gasteiger partial charge in [-0.25, -0.2) is 9.18 Å². The first-order valence-corrected chi connectivity index (χ1v) is 12.9. The van der Waals surface area contributed by atoms with Gasteiger partial charge in [-0.3, -0.25) is 0 Å². The van der Waals surface area contributed by atoms with Gasteiger partial charge in [0.05, 0.1) is 18.8 Å². The maximum Gasteiger partial charge on any atom is 0.426 e. The van der Waals surface area contributed by atoms with E-state index in [1.54, 1.807) is 18.2 Å². The van der Waals surface area contributed by atoms with Gasteiger partial charge in [-0.05, 0) is 66.4 Å². The summed E-state index contributed by atoms with van der Waals surface area (Å²) in [5.41, 5.74) is 13.3. The Morgan fingerprint density at radius 3 is 2.31 bits per heavy atom. The number of ether oxygens (including phenoxy) is 3. The summed E-state index contributed by atoms with van der Waals surface area (Å²) in [7, 11) is 0. The highest BCUT2D eigenvalue weighted by molar-refractivity contribution is 5.87. The van der Waals surface area contributed by atoms with E-state index in [4.69, 9.17) is 20.9 Å². The quantitative estimate of drug-likeness (QED) is 0.0694. The lowest BCUT2D eigenvalue weighted by Gasteiger charge is -2.19. The number of hydrogen-bond acceptors (Lipinski definition) is 6. The fourth-order valence-electron chi connectivity index (χ4n) is 3.81. The van der Waals surface area contributed by atoms with Gasteiger partial charge in [-0.15, -0.1) is 0 Å². The smallest absolute Gasteiger partial charge is 0.426 e. The molecule has 1 unspecified atom stereocenters. The Hall–Kier alpha value is -4.35. The Bertz CT molecular complexity index is 1380. The van der Waals surface area contributed by atoms with Crippen molar-refractivity contribution in [1.82, 2.24) is 0 Å². The molecule has 0 saturated carbocycles. The van der Waals surface area contributed by atoms with Crippen molar-refractivity contribution in [2.45, 2.75) is 44.4 Å². The topological polar surface area (TPSA) is 96.8 Å². The summed E-state index contributed by atoms with van der Waals surface area (Å²) in [6.07, 6.45) is -6.66. The number of hydrogen-bond donors (Lipinski definition) is 2. The van der Waals surface area contributed by atoms with Crippen LogP contribution in [0.15, 0.2) is 66.7 Å². The standard InChI is InChI=1S/C30H30F6N2O4/c1-19(24-11-9-22(37)16-26(24)38)18-41-28(39)13-6-20-4-7-21(8-5-20)30(35,36)42-27-12-10-23(17-25(27)31)40-15-3-2-14-29(32,33)34/h4-13,16-17,19H,2-3,14-15,18,37-38H2,1H3/b13-6+. The van der Waals surface area contributed by atoms with Crippen molar-refractivity contribution in [1.29, 1.82) is 0 Å². The molecule has 0 bridgehead atoms. The fourth-order valence-corrected chi connectivity index (χ4v) is 3.81. The molecule has 42 heavy (non-hydrogen) atoms. The van der Waals surface area contributed by atoms with Crippen molar-refractivity contribution in [2.24, 2.45) is 0 Å². The van der Waals surface area contributed by atoms with E-state index < -0.39 is 41.8 Å². The summed E-state index contributed by atoms with van der Waals surface area (Å²) in [5.74, 6) is -2.74. The molecule has 12 heteroatoms. The summed E-state index contributed by atoms with van der Waals surface area (Å²) in [4.78, 5) is 12.1. The van der Waals surface area contributed by atoms with E-state index in [9.17, 15) is 31.1 Å². The minimum Gasteiger partial charge on any atom is -0.493 e. The summed E-state index contributed by atoms with van der Waals surface area (Å²) >= 11 is 0. The summed E-state index contributed by atoms with van der Waals surface area (Å²) in [6.45, 7) is 1.80. The van der Waals surface area contributed by atoms with Crippen LogP contribution >= 0.6 is 0 Å². The number of rotatable bonds is 13. The van der Waals surface area contributed by atoms with E-state index in [0.29, 0.717) is 16.9 Å². The van der Waals surface area contributed by atoms with Crippen molar-refractivity contribution in [3.63, 3.8) is 0 Å². The number of esters is 1. The van der Waals surface area contributed by atoms with Crippen LogP contribution in [0.1, 0.15) is 48.8 Å². The zero-order chi connectivity index (χ0) is 30.9. The van der Waals surface area contributed by atoms with Gasteiger partial charge in [0.2, 0.25) is 0 Å². The summed E-state index contributed by atoms with van der Waals surface area (Å²) in [6, 6.07) is 12.8. The van der Waals surface area contributed by atoms with Crippen LogP contribution in [0.3, 0.4) is 0 Å². The molecule has 0 aliphatic heterocycles. The highest BCUT2D eigenvalue weighted by atomic mass is 19.4. The first-order valence-electron chi connectivity index (χ1n) is 12.9. The van der Waals surface area contributed by atoms with Gasteiger partial charge in [0, 0.05) is 35.9 Å². The molecule has 0 spiro atoms. The molecule has 1 atom stereocenters. The van der Waals surface area contributed by atoms with Crippen molar-refractivity contribution >= 4 is 23.4 Å². The number of nitrogen functional groups attached to an aromatic ring is 2. The van der Waals surface area contributed by atoms with Crippen LogP contribution < -0.4 is 20.9 Å². The third-order valence-electron chi connectivity index (χ3n) is 6.04. The lowest BCUT2D eigenvalue weighted by Crippen LogP contribution is -2.22. The number of alkyl halides is 5. The molecule has 0 aliphatic carbocycles. The molecule has 226 valence electrons. The Kier molecular flexibility index (Phi) is 10.7. The number of carbonyl (C=O) groups excluding carboxylic acids is 1. The number of halogens is 6. The molecule has 0 heterocycles. The molecule has 3 aromatic rings. The minimum atomic E-state index is -4.27. The largest absolute Gasteiger partial charge is 0.493 e. The van der Waals surface area contributed by atoms with Gasteiger partial charge in [0.25, 0.3) is 0 Å². The Balaban J connectivity index is 1.51. The predicted octanol–water partition coefficient (Wildman–Crippen LogP) is 7.59. The highest BCUT2D eigenvalue weighted by Crippen LogP contribution is 2.34. The van der Waals surface area contributed by atoms with Crippen molar-refractivity contribution in [2.75, 3.05) is 24.7 Å². The van der Waals surface area contributed by atoms with Crippen LogP contribution in [0.25, 0.3) is 6.08 Å². The zero-order valence-electron chi connectivity index (χ0n) is 22.6. The molecule has 0 radical (unpaired) electrons. The molecule has 0 amide bonds. The normalized spacial score (nSPS) is 12.7.